The number of rotatable bonds is 7. The summed E-state index contributed by atoms with van der Waals surface area (Å²) in [6, 6.07) is 0. The number of unbranched alkanes of at least 4 members (excludes halogenated alkanes) is 4. The smallest absolute Gasteiger partial charge is 0.148 e. The minimum absolute atomic E-state index is 0.0231. The molecule has 1 aliphatic rings. The third-order valence-electron chi connectivity index (χ3n) is 3.32. The molecule has 0 saturated carbocycles. The van der Waals surface area contributed by atoms with Gasteiger partial charge in [0.2, 0.25) is 0 Å². The van der Waals surface area contributed by atoms with Crippen LogP contribution in [0.5, 0.6) is 0 Å². The van der Waals surface area contributed by atoms with Crippen molar-refractivity contribution in [3.05, 3.63) is 0 Å². The van der Waals surface area contributed by atoms with Crippen LogP contribution in [0.2, 0.25) is 0 Å². The standard InChI is InChI=1S/C13H24OS/c1-3-4-5-6-7-9-12(14)13(2)10-8-11-15-13/h3-11H2,1-2H3. The number of Topliss-reactive ketones (excluding diaryl/α,β-unsaturated/α-hetero) is 1. The molecule has 1 rings (SSSR count). The van der Waals surface area contributed by atoms with Gasteiger partial charge in [-0.25, -0.2) is 0 Å². The van der Waals surface area contributed by atoms with Crippen molar-refractivity contribution in [1.29, 1.82) is 0 Å². The summed E-state index contributed by atoms with van der Waals surface area (Å²) in [5, 5.41) is 0. The zero-order valence-electron chi connectivity index (χ0n) is 10.2. The molecule has 0 aliphatic carbocycles. The van der Waals surface area contributed by atoms with Crippen LogP contribution in [0.3, 0.4) is 0 Å². The Kier molecular flexibility index (Phi) is 5.73. The van der Waals surface area contributed by atoms with Gasteiger partial charge in [0.25, 0.3) is 0 Å². The Labute approximate surface area is 98.4 Å². The van der Waals surface area contributed by atoms with Crippen molar-refractivity contribution in [2.24, 2.45) is 0 Å². The van der Waals surface area contributed by atoms with Crippen LogP contribution >= 0.6 is 11.8 Å². The predicted octanol–water partition coefficient (Wildman–Crippen LogP) is 4.20. The average Bonchev–Trinajstić information content (AvgIpc) is 2.66. The number of ketones is 1. The highest BCUT2D eigenvalue weighted by Gasteiger charge is 2.35. The second-order valence-electron chi connectivity index (χ2n) is 4.77. The Bertz CT molecular complexity index is 195. The Morgan fingerprint density at radius 3 is 2.60 bits per heavy atom. The molecule has 1 saturated heterocycles. The van der Waals surface area contributed by atoms with Gasteiger partial charge >= 0.3 is 0 Å². The fraction of sp³-hybridized carbons (Fsp3) is 0.923. The molecule has 88 valence electrons. The first-order chi connectivity index (χ1) is 7.19. The lowest BCUT2D eigenvalue weighted by molar-refractivity contribution is -0.121. The molecule has 0 aromatic heterocycles. The lowest BCUT2D eigenvalue weighted by atomic mass is 9.96. The van der Waals surface area contributed by atoms with Crippen molar-refractivity contribution in [2.75, 3.05) is 5.75 Å². The maximum Gasteiger partial charge on any atom is 0.148 e. The summed E-state index contributed by atoms with van der Waals surface area (Å²) >= 11 is 1.87. The van der Waals surface area contributed by atoms with E-state index in [1.807, 2.05) is 11.8 Å². The SMILES string of the molecule is CCCCCCCC(=O)C1(C)CCCS1. The van der Waals surface area contributed by atoms with Crippen LogP contribution in [-0.4, -0.2) is 16.3 Å². The summed E-state index contributed by atoms with van der Waals surface area (Å²) in [7, 11) is 0. The lowest BCUT2D eigenvalue weighted by Crippen LogP contribution is -2.28. The lowest BCUT2D eigenvalue weighted by Gasteiger charge is -2.20. The Morgan fingerprint density at radius 2 is 2.00 bits per heavy atom. The summed E-state index contributed by atoms with van der Waals surface area (Å²) < 4.78 is -0.0231. The highest BCUT2D eigenvalue weighted by molar-refractivity contribution is 8.01. The third kappa shape index (κ3) is 4.18. The zero-order chi connectivity index (χ0) is 11.1. The van der Waals surface area contributed by atoms with Crippen molar-refractivity contribution in [3.8, 4) is 0 Å². The highest BCUT2D eigenvalue weighted by atomic mass is 32.2. The molecule has 15 heavy (non-hydrogen) atoms. The molecule has 0 bridgehead atoms. The topological polar surface area (TPSA) is 17.1 Å². The van der Waals surface area contributed by atoms with Gasteiger partial charge < -0.3 is 0 Å². The van der Waals surface area contributed by atoms with E-state index in [1.54, 1.807) is 0 Å². The molecular formula is C13H24OS. The average molecular weight is 228 g/mol. The van der Waals surface area contributed by atoms with E-state index in [4.69, 9.17) is 0 Å². The van der Waals surface area contributed by atoms with E-state index in [0.717, 1.165) is 19.3 Å². The molecule has 0 radical (unpaired) electrons. The largest absolute Gasteiger partial charge is 0.298 e. The van der Waals surface area contributed by atoms with Gasteiger partial charge in [-0.2, -0.15) is 0 Å². The van der Waals surface area contributed by atoms with E-state index < -0.39 is 0 Å². The second-order valence-corrected chi connectivity index (χ2v) is 6.37. The van der Waals surface area contributed by atoms with Crippen molar-refractivity contribution >= 4 is 17.5 Å². The summed E-state index contributed by atoms with van der Waals surface area (Å²) in [4.78, 5) is 12.0. The minimum Gasteiger partial charge on any atom is -0.298 e. The van der Waals surface area contributed by atoms with Gasteiger partial charge in [-0.15, -0.1) is 11.8 Å². The first-order valence-electron chi connectivity index (χ1n) is 6.36. The summed E-state index contributed by atoms with van der Waals surface area (Å²) in [6.07, 6.45) is 9.38. The Balaban J connectivity index is 2.12. The molecule has 0 aromatic rings. The number of carbonyl (C=O) groups excluding carboxylic acids is 1. The van der Waals surface area contributed by atoms with E-state index in [2.05, 4.69) is 13.8 Å². The van der Waals surface area contributed by atoms with E-state index in [-0.39, 0.29) is 4.75 Å². The second kappa shape index (κ2) is 6.57. The van der Waals surface area contributed by atoms with E-state index in [0.29, 0.717) is 5.78 Å². The fourth-order valence-electron chi connectivity index (χ4n) is 2.15. The predicted molar refractivity (Wildman–Crippen MR) is 68.5 cm³/mol. The third-order valence-corrected chi connectivity index (χ3v) is 4.88. The fourth-order valence-corrected chi connectivity index (χ4v) is 3.44. The molecule has 0 spiro atoms. The molecule has 0 amide bonds. The van der Waals surface area contributed by atoms with E-state index in [1.165, 1.54) is 37.9 Å². The molecule has 0 N–H and O–H groups in total. The van der Waals surface area contributed by atoms with Crippen LogP contribution in [0.25, 0.3) is 0 Å². The molecule has 0 aromatic carbocycles. The zero-order valence-corrected chi connectivity index (χ0v) is 11.0. The summed E-state index contributed by atoms with van der Waals surface area (Å²) in [5.41, 5.74) is 0. The van der Waals surface area contributed by atoms with Gasteiger partial charge in [0.15, 0.2) is 0 Å². The van der Waals surface area contributed by atoms with Gasteiger partial charge in [-0.05, 0) is 31.9 Å². The molecule has 2 heteroatoms. The van der Waals surface area contributed by atoms with Crippen LogP contribution in [0.15, 0.2) is 0 Å². The normalized spacial score (nSPS) is 25.7. The molecule has 1 unspecified atom stereocenters. The van der Waals surface area contributed by atoms with Gasteiger partial charge in [0.05, 0.1) is 4.75 Å². The van der Waals surface area contributed by atoms with Crippen molar-refractivity contribution < 1.29 is 4.79 Å². The van der Waals surface area contributed by atoms with Crippen LogP contribution < -0.4 is 0 Å². The first-order valence-corrected chi connectivity index (χ1v) is 7.35. The number of hydrogen-bond acceptors (Lipinski definition) is 2. The summed E-state index contributed by atoms with van der Waals surface area (Å²) in [6.45, 7) is 4.36. The first kappa shape index (κ1) is 13.1. The number of carbonyl (C=O) groups is 1. The van der Waals surface area contributed by atoms with Crippen molar-refractivity contribution in [2.45, 2.75) is 70.0 Å². The van der Waals surface area contributed by atoms with Crippen LogP contribution in [0, 0.1) is 0 Å². The number of thioether (sulfide) groups is 1. The van der Waals surface area contributed by atoms with Crippen molar-refractivity contribution in [3.63, 3.8) is 0 Å². The maximum atomic E-state index is 12.0. The number of hydrogen-bond donors (Lipinski definition) is 0. The molecule has 1 heterocycles. The molecule has 1 aliphatic heterocycles. The van der Waals surface area contributed by atoms with E-state index in [9.17, 15) is 4.79 Å². The quantitative estimate of drug-likeness (QED) is 0.607. The van der Waals surface area contributed by atoms with Gasteiger partial charge in [-0.1, -0.05) is 32.6 Å². The van der Waals surface area contributed by atoms with Gasteiger partial charge in [0.1, 0.15) is 5.78 Å². The van der Waals surface area contributed by atoms with Gasteiger partial charge in [-0.3, -0.25) is 4.79 Å². The molecule has 1 atom stereocenters. The minimum atomic E-state index is -0.0231. The Hall–Kier alpha value is 0.0200. The molecular weight excluding hydrogens is 204 g/mol. The monoisotopic (exact) mass is 228 g/mol. The van der Waals surface area contributed by atoms with Crippen molar-refractivity contribution in [1.82, 2.24) is 0 Å². The maximum absolute atomic E-state index is 12.0. The highest BCUT2D eigenvalue weighted by Crippen LogP contribution is 2.39. The van der Waals surface area contributed by atoms with Crippen LogP contribution in [0.4, 0.5) is 0 Å². The summed E-state index contributed by atoms with van der Waals surface area (Å²) in [5.74, 6) is 1.68. The van der Waals surface area contributed by atoms with Crippen LogP contribution in [-0.2, 0) is 4.79 Å². The molecule has 1 nitrogen and oxygen atoms in total. The van der Waals surface area contributed by atoms with Crippen LogP contribution in [0.1, 0.15) is 65.2 Å². The Morgan fingerprint density at radius 1 is 1.27 bits per heavy atom. The van der Waals surface area contributed by atoms with E-state index >= 15 is 0 Å². The van der Waals surface area contributed by atoms with Gasteiger partial charge in [0, 0.05) is 6.42 Å². The molecule has 1 fully saturated rings.